The molecular formula is C5H15N3S2. The van der Waals surface area contributed by atoms with E-state index in [1.165, 1.54) is 0 Å². The van der Waals surface area contributed by atoms with Crippen molar-refractivity contribution in [2.24, 2.45) is 11.7 Å². The fraction of sp³-hybridized carbons (Fsp3) is 0.800. The lowest BCUT2D eigenvalue weighted by molar-refractivity contribution is 0.482. The van der Waals surface area contributed by atoms with Crippen molar-refractivity contribution >= 4 is 29.2 Å². The van der Waals surface area contributed by atoms with Crippen LogP contribution in [0.25, 0.3) is 0 Å². The maximum absolute atomic E-state index is 4.81. The fourth-order valence-corrected chi connectivity index (χ4v) is 1.04. The van der Waals surface area contributed by atoms with Crippen LogP contribution < -0.4 is 11.7 Å². The highest BCUT2D eigenvalue weighted by Gasteiger charge is 1.96. The summed E-state index contributed by atoms with van der Waals surface area (Å²) in [7, 11) is 0. The fourth-order valence-electron chi connectivity index (χ4n) is 0.494. The summed E-state index contributed by atoms with van der Waals surface area (Å²) >= 11 is 8.82. The van der Waals surface area contributed by atoms with Crippen molar-refractivity contribution in [3.63, 3.8) is 0 Å². The van der Waals surface area contributed by atoms with Crippen LogP contribution in [0.1, 0.15) is 13.8 Å². The lowest BCUT2D eigenvalue weighted by Crippen LogP contribution is -2.24. The quantitative estimate of drug-likeness (QED) is 0.249. The second-order valence-corrected chi connectivity index (χ2v) is 2.57. The van der Waals surface area contributed by atoms with E-state index in [1.807, 2.05) is 4.90 Å². The Morgan fingerprint density at radius 1 is 1.40 bits per heavy atom. The zero-order valence-electron chi connectivity index (χ0n) is 6.37. The van der Waals surface area contributed by atoms with E-state index in [-0.39, 0.29) is 0 Å². The molecule has 3 nitrogen and oxygen atoms in total. The van der Waals surface area contributed by atoms with E-state index in [2.05, 4.69) is 38.2 Å². The summed E-state index contributed by atoms with van der Waals surface area (Å²) in [5, 5.41) is 0. The van der Waals surface area contributed by atoms with E-state index >= 15 is 0 Å². The van der Waals surface area contributed by atoms with Gasteiger partial charge in [0.1, 0.15) is 4.32 Å². The van der Waals surface area contributed by atoms with Gasteiger partial charge in [-0.3, -0.25) is 11.7 Å². The van der Waals surface area contributed by atoms with Gasteiger partial charge in [-0.25, -0.2) is 0 Å². The van der Waals surface area contributed by atoms with Crippen molar-refractivity contribution in [3.05, 3.63) is 0 Å². The molecule has 0 radical (unpaired) electrons. The van der Waals surface area contributed by atoms with Gasteiger partial charge in [0.05, 0.1) is 0 Å². The average molecular weight is 181 g/mol. The maximum atomic E-state index is 4.81. The highest BCUT2D eigenvalue weighted by molar-refractivity contribution is 8.10. The summed E-state index contributed by atoms with van der Waals surface area (Å²) in [6.45, 7) is 6.04. The Labute approximate surface area is 73.1 Å². The van der Waals surface area contributed by atoms with E-state index in [1.54, 1.807) is 0 Å². The molecule has 0 unspecified atom stereocenters. The largest absolute Gasteiger partial charge is 0.358 e. The van der Waals surface area contributed by atoms with Crippen molar-refractivity contribution in [1.82, 2.24) is 4.90 Å². The molecule has 0 aliphatic heterocycles. The van der Waals surface area contributed by atoms with Gasteiger partial charge in [-0.05, 0) is 13.8 Å². The Bertz CT molecular complexity index is 83.0. The molecule has 0 aromatic carbocycles. The molecule has 0 aliphatic rings. The van der Waals surface area contributed by atoms with Crippen LogP contribution in [-0.2, 0) is 0 Å². The second kappa shape index (κ2) is 9.16. The smallest absolute Gasteiger partial charge is 0.133 e. The molecule has 0 aromatic heterocycles. The van der Waals surface area contributed by atoms with E-state index in [0.717, 1.165) is 13.1 Å². The van der Waals surface area contributed by atoms with Crippen LogP contribution in [0.4, 0.5) is 0 Å². The van der Waals surface area contributed by atoms with Crippen LogP contribution in [0, 0.1) is 0 Å². The van der Waals surface area contributed by atoms with Crippen LogP contribution in [0.2, 0.25) is 0 Å². The molecule has 5 heteroatoms. The summed E-state index contributed by atoms with van der Waals surface area (Å²) in [6.07, 6.45) is 0. The molecule has 0 amide bonds. The van der Waals surface area contributed by atoms with Crippen molar-refractivity contribution < 1.29 is 0 Å². The lowest BCUT2D eigenvalue weighted by atomic mass is 10.6. The molecule has 0 bridgehead atoms. The number of nitrogens with two attached hydrogens (primary N) is 2. The van der Waals surface area contributed by atoms with Crippen molar-refractivity contribution in [2.45, 2.75) is 13.8 Å². The summed E-state index contributed by atoms with van der Waals surface area (Å²) in [6, 6.07) is 0. The zero-order chi connectivity index (χ0) is 8.57. The summed E-state index contributed by atoms with van der Waals surface area (Å²) in [5.74, 6) is 8.00. The number of thiocarbonyl (C=S) groups is 1. The molecule has 0 atom stereocenters. The molecule has 0 aliphatic carbocycles. The van der Waals surface area contributed by atoms with Gasteiger partial charge in [0.2, 0.25) is 0 Å². The minimum absolute atomic E-state index is 0.690. The summed E-state index contributed by atoms with van der Waals surface area (Å²) in [4.78, 5) is 2.01. The Kier molecular flexibility index (Phi) is 11.7. The minimum atomic E-state index is 0.690. The predicted molar refractivity (Wildman–Crippen MR) is 52.9 cm³/mol. The van der Waals surface area contributed by atoms with E-state index in [0.29, 0.717) is 4.32 Å². The Morgan fingerprint density at radius 3 is 1.70 bits per heavy atom. The number of hydrogen-bond donors (Lipinski definition) is 3. The van der Waals surface area contributed by atoms with Gasteiger partial charge in [0.15, 0.2) is 0 Å². The normalized spacial score (nSPS) is 7.70. The van der Waals surface area contributed by atoms with E-state index in [9.17, 15) is 0 Å². The molecule has 0 saturated carbocycles. The van der Waals surface area contributed by atoms with Crippen LogP contribution in [0.5, 0.6) is 0 Å². The highest BCUT2D eigenvalue weighted by atomic mass is 32.1. The Morgan fingerprint density at radius 2 is 1.70 bits per heavy atom. The molecule has 0 fully saturated rings. The van der Waals surface area contributed by atoms with Gasteiger partial charge in [-0.15, -0.1) is 12.6 Å². The Hall–Kier alpha value is 0.160. The third-order valence-corrected chi connectivity index (χ3v) is 1.58. The van der Waals surface area contributed by atoms with Crippen molar-refractivity contribution in [2.75, 3.05) is 13.1 Å². The Balaban J connectivity index is 0. The first kappa shape index (κ1) is 12.8. The van der Waals surface area contributed by atoms with Crippen LogP contribution in [-0.4, -0.2) is 22.3 Å². The molecule has 0 heterocycles. The molecule has 0 aromatic rings. The molecule has 10 heavy (non-hydrogen) atoms. The number of nitrogens with zero attached hydrogens (tertiary/aromatic N) is 1. The first-order valence-corrected chi connectivity index (χ1v) is 3.89. The number of thiol groups is 1. The topological polar surface area (TPSA) is 55.3 Å². The molecule has 0 saturated heterocycles. The van der Waals surface area contributed by atoms with Gasteiger partial charge < -0.3 is 4.90 Å². The predicted octanol–water partition coefficient (Wildman–Crippen LogP) is 0.362. The van der Waals surface area contributed by atoms with Gasteiger partial charge >= 0.3 is 0 Å². The molecule has 0 rings (SSSR count). The monoisotopic (exact) mass is 181 g/mol. The SMILES string of the molecule is CCN(CC)C(=S)S.NN. The summed E-state index contributed by atoms with van der Waals surface area (Å²) < 4.78 is 0.690. The number of rotatable bonds is 2. The van der Waals surface area contributed by atoms with Crippen LogP contribution >= 0.6 is 24.8 Å². The van der Waals surface area contributed by atoms with E-state index in [4.69, 9.17) is 12.2 Å². The van der Waals surface area contributed by atoms with Gasteiger partial charge in [0, 0.05) is 13.1 Å². The second-order valence-electron chi connectivity index (χ2n) is 1.45. The van der Waals surface area contributed by atoms with Crippen LogP contribution in [0.3, 0.4) is 0 Å². The highest BCUT2D eigenvalue weighted by Crippen LogP contribution is 1.93. The average Bonchev–Trinajstić information content (AvgIpc) is 1.94. The van der Waals surface area contributed by atoms with Crippen molar-refractivity contribution in [1.29, 1.82) is 0 Å². The zero-order valence-corrected chi connectivity index (χ0v) is 8.08. The standard InChI is InChI=1S/C5H11NS2.H4N2/c1-3-6(4-2)5(7)8;1-2/h3-4H2,1-2H3,(H,7,8);1-2H2. The van der Waals surface area contributed by atoms with E-state index < -0.39 is 0 Å². The molecule has 4 N–H and O–H groups in total. The van der Waals surface area contributed by atoms with Crippen LogP contribution in [0.15, 0.2) is 0 Å². The van der Waals surface area contributed by atoms with Gasteiger partial charge in [-0.2, -0.15) is 0 Å². The van der Waals surface area contributed by atoms with Gasteiger partial charge in [-0.1, -0.05) is 12.2 Å². The maximum Gasteiger partial charge on any atom is 0.133 e. The lowest BCUT2D eigenvalue weighted by Gasteiger charge is -2.16. The molecule has 0 spiro atoms. The third-order valence-electron chi connectivity index (χ3n) is 1.03. The minimum Gasteiger partial charge on any atom is -0.358 e. The molecule has 62 valence electrons. The first-order chi connectivity index (χ1) is 4.72. The van der Waals surface area contributed by atoms with Crippen molar-refractivity contribution in [3.8, 4) is 0 Å². The molecular weight excluding hydrogens is 166 g/mol. The van der Waals surface area contributed by atoms with Gasteiger partial charge in [0.25, 0.3) is 0 Å². The summed E-state index contributed by atoms with van der Waals surface area (Å²) in [5.41, 5.74) is 0. The number of hydrogen-bond acceptors (Lipinski definition) is 3. The third kappa shape index (κ3) is 6.28. The number of hydrazine groups is 1. The first-order valence-electron chi connectivity index (χ1n) is 3.03.